The predicted octanol–water partition coefficient (Wildman–Crippen LogP) is 0.970. The number of hydrogen-bond acceptors (Lipinski definition) is 3. The number of primary amides is 1. The molecule has 1 amide bonds. The van der Waals surface area contributed by atoms with E-state index in [-0.39, 0.29) is 4.90 Å². The summed E-state index contributed by atoms with van der Waals surface area (Å²) in [4.78, 5) is 11.5. The van der Waals surface area contributed by atoms with Crippen LogP contribution >= 0.6 is 0 Å². The SMILES string of the molecule is C/C=C(/C(N)=O)c1ccc(S(=O)(=O)N2CCC2)cc1. The molecule has 102 valence electrons. The minimum atomic E-state index is -3.37. The Hall–Kier alpha value is -1.66. The lowest BCUT2D eigenvalue weighted by atomic mass is 10.1. The lowest BCUT2D eigenvalue weighted by Gasteiger charge is -2.29. The first-order valence-corrected chi connectivity index (χ1v) is 7.47. The maximum absolute atomic E-state index is 12.1. The lowest BCUT2D eigenvalue weighted by Crippen LogP contribution is -2.41. The molecule has 1 heterocycles. The summed E-state index contributed by atoms with van der Waals surface area (Å²) in [6.07, 6.45) is 2.52. The third-order valence-corrected chi connectivity index (χ3v) is 5.09. The van der Waals surface area contributed by atoms with E-state index >= 15 is 0 Å². The molecule has 1 fully saturated rings. The van der Waals surface area contributed by atoms with Crippen LogP contribution in [0.25, 0.3) is 5.57 Å². The summed E-state index contributed by atoms with van der Waals surface area (Å²) < 4.78 is 25.7. The van der Waals surface area contributed by atoms with Crippen molar-refractivity contribution in [3.63, 3.8) is 0 Å². The molecule has 1 aliphatic heterocycles. The number of amides is 1. The largest absolute Gasteiger partial charge is 0.366 e. The van der Waals surface area contributed by atoms with Gasteiger partial charge >= 0.3 is 0 Å². The third-order valence-electron chi connectivity index (χ3n) is 3.17. The van der Waals surface area contributed by atoms with E-state index in [1.807, 2.05) is 0 Å². The molecule has 2 N–H and O–H groups in total. The lowest BCUT2D eigenvalue weighted by molar-refractivity contribution is -0.112. The zero-order chi connectivity index (χ0) is 14.0. The zero-order valence-corrected chi connectivity index (χ0v) is 11.5. The number of rotatable bonds is 4. The highest BCUT2D eigenvalue weighted by Gasteiger charge is 2.29. The Kier molecular flexibility index (Phi) is 3.73. The molecule has 1 aromatic rings. The average Bonchev–Trinajstić information content (AvgIpc) is 2.27. The van der Waals surface area contributed by atoms with Gasteiger partial charge in [0.25, 0.3) is 0 Å². The van der Waals surface area contributed by atoms with Crippen molar-refractivity contribution < 1.29 is 13.2 Å². The van der Waals surface area contributed by atoms with Crippen molar-refractivity contribution >= 4 is 21.5 Å². The topological polar surface area (TPSA) is 80.5 Å². The van der Waals surface area contributed by atoms with Crippen LogP contribution in [-0.2, 0) is 14.8 Å². The van der Waals surface area contributed by atoms with E-state index < -0.39 is 15.9 Å². The summed E-state index contributed by atoms with van der Waals surface area (Å²) in [5, 5.41) is 0. The molecule has 0 aliphatic carbocycles. The number of sulfonamides is 1. The molecule has 0 spiro atoms. The molecule has 0 aromatic heterocycles. The van der Waals surface area contributed by atoms with Crippen molar-refractivity contribution in [3.05, 3.63) is 35.9 Å². The van der Waals surface area contributed by atoms with Crippen molar-refractivity contribution in [2.75, 3.05) is 13.1 Å². The van der Waals surface area contributed by atoms with E-state index in [2.05, 4.69) is 0 Å². The van der Waals surface area contributed by atoms with Gasteiger partial charge in [0, 0.05) is 18.7 Å². The Bertz CT molecular complexity index is 614. The molecular weight excluding hydrogens is 264 g/mol. The van der Waals surface area contributed by atoms with E-state index in [1.165, 1.54) is 16.4 Å². The van der Waals surface area contributed by atoms with Crippen LogP contribution in [0, 0.1) is 0 Å². The number of allylic oxidation sites excluding steroid dienone is 1. The minimum absolute atomic E-state index is 0.246. The van der Waals surface area contributed by atoms with Gasteiger partial charge in [0.05, 0.1) is 4.90 Å². The number of nitrogens with zero attached hydrogens (tertiary/aromatic N) is 1. The van der Waals surface area contributed by atoms with Gasteiger partial charge in [0.2, 0.25) is 15.9 Å². The van der Waals surface area contributed by atoms with Gasteiger partial charge in [0.1, 0.15) is 0 Å². The molecule has 2 rings (SSSR count). The van der Waals surface area contributed by atoms with E-state index in [9.17, 15) is 13.2 Å². The molecular formula is C13H16N2O3S. The fourth-order valence-corrected chi connectivity index (χ4v) is 3.45. The Morgan fingerprint density at radius 2 is 1.84 bits per heavy atom. The second-order valence-electron chi connectivity index (χ2n) is 4.35. The standard InChI is InChI=1S/C13H16N2O3S/c1-2-12(13(14)16)10-4-6-11(7-5-10)19(17,18)15-8-3-9-15/h2,4-7H,3,8-9H2,1H3,(H2,14,16)/b12-2+. The maximum atomic E-state index is 12.1. The molecule has 0 radical (unpaired) electrons. The molecule has 0 saturated carbocycles. The van der Waals surface area contributed by atoms with E-state index in [1.54, 1.807) is 25.1 Å². The first kappa shape index (κ1) is 13.8. The normalized spacial score (nSPS) is 17.0. The van der Waals surface area contributed by atoms with Crippen LogP contribution in [0.2, 0.25) is 0 Å². The zero-order valence-electron chi connectivity index (χ0n) is 10.7. The third kappa shape index (κ3) is 2.54. The van der Waals surface area contributed by atoms with E-state index in [0.29, 0.717) is 24.2 Å². The van der Waals surface area contributed by atoms with Crippen molar-refractivity contribution in [3.8, 4) is 0 Å². The first-order valence-electron chi connectivity index (χ1n) is 6.03. The van der Waals surface area contributed by atoms with Crippen LogP contribution in [0.15, 0.2) is 35.2 Å². The summed E-state index contributed by atoms with van der Waals surface area (Å²) in [6.45, 7) is 2.86. The molecule has 1 aliphatic rings. The van der Waals surface area contributed by atoms with Gasteiger partial charge in [0.15, 0.2) is 0 Å². The summed E-state index contributed by atoms with van der Waals surface area (Å²) in [5.41, 5.74) is 6.25. The summed E-state index contributed by atoms with van der Waals surface area (Å²) in [5.74, 6) is -0.527. The fraction of sp³-hybridized carbons (Fsp3) is 0.308. The van der Waals surface area contributed by atoms with E-state index in [4.69, 9.17) is 5.73 Å². The molecule has 0 atom stereocenters. The quantitative estimate of drug-likeness (QED) is 0.834. The van der Waals surface area contributed by atoms with Crippen LogP contribution in [0.1, 0.15) is 18.9 Å². The van der Waals surface area contributed by atoms with Crippen LogP contribution in [-0.4, -0.2) is 31.7 Å². The van der Waals surface area contributed by atoms with Crippen LogP contribution in [0.4, 0.5) is 0 Å². The van der Waals surface area contributed by atoms with Crippen molar-refractivity contribution in [2.45, 2.75) is 18.2 Å². The Labute approximate surface area is 112 Å². The highest BCUT2D eigenvalue weighted by atomic mass is 32.2. The molecule has 6 heteroatoms. The Morgan fingerprint density at radius 3 is 2.21 bits per heavy atom. The Morgan fingerprint density at radius 1 is 1.26 bits per heavy atom. The number of hydrogen-bond donors (Lipinski definition) is 1. The van der Waals surface area contributed by atoms with Crippen LogP contribution in [0.3, 0.4) is 0 Å². The molecule has 0 unspecified atom stereocenters. The average molecular weight is 280 g/mol. The molecule has 0 bridgehead atoms. The first-order chi connectivity index (χ1) is 8.96. The summed E-state index contributed by atoms with van der Waals surface area (Å²) in [6, 6.07) is 6.23. The minimum Gasteiger partial charge on any atom is -0.366 e. The van der Waals surface area contributed by atoms with E-state index in [0.717, 1.165) is 6.42 Å². The van der Waals surface area contributed by atoms with Crippen molar-refractivity contribution in [2.24, 2.45) is 5.73 Å². The highest BCUT2D eigenvalue weighted by molar-refractivity contribution is 7.89. The van der Waals surface area contributed by atoms with Gasteiger partial charge in [-0.05, 0) is 31.0 Å². The van der Waals surface area contributed by atoms with Gasteiger partial charge in [-0.2, -0.15) is 4.31 Å². The van der Waals surface area contributed by atoms with Gasteiger partial charge in [-0.1, -0.05) is 18.2 Å². The van der Waals surface area contributed by atoms with Crippen molar-refractivity contribution in [1.29, 1.82) is 0 Å². The summed E-state index contributed by atoms with van der Waals surface area (Å²) in [7, 11) is -3.37. The summed E-state index contributed by atoms with van der Waals surface area (Å²) >= 11 is 0. The van der Waals surface area contributed by atoms with Gasteiger partial charge in [-0.25, -0.2) is 8.42 Å². The van der Waals surface area contributed by atoms with Gasteiger partial charge in [-0.3, -0.25) is 4.79 Å². The Balaban J connectivity index is 2.31. The smallest absolute Gasteiger partial charge is 0.248 e. The van der Waals surface area contributed by atoms with Gasteiger partial charge < -0.3 is 5.73 Å². The van der Waals surface area contributed by atoms with Crippen LogP contribution < -0.4 is 5.73 Å². The maximum Gasteiger partial charge on any atom is 0.248 e. The number of benzene rings is 1. The van der Waals surface area contributed by atoms with Gasteiger partial charge in [-0.15, -0.1) is 0 Å². The number of nitrogens with two attached hydrogens (primary N) is 1. The number of carbonyl (C=O) groups is 1. The molecule has 19 heavy (non-hydrogen) atoms. The molecule has 1 saturated heterocycles. The second-order valence-corrected chi connectivity index (χ2v) is 6.29. The predicted molar refractivity (Wildman–Crippen MR) is 72.7 cm³/mol. The molecule has 1 aromatic carbocycles. The second kappa shape index (κ2) is 5.14. The monoisotopic (exact) mass is 280 g/mol. The highest BCUT2D eigenvalue weighted by Crippen LogP contribution is 2.23. The number of carbonyl (C=O) groups excluding carboxylic acids is 1. The van der Waals surface area contributed by atoms with Crippen molar-refractivity contribution in [1.82, 2.24) is 4.31 Å². The fourth-order valence-electron chi connectivity index (χ4n) is 1.93. The molecule has 5 nitrogen and oxygen atoms in total. The van der Waals surface area contributed by atoms with Crippen LogP contribution in [0.5, 0.6) is 0 Å².